The van der Waals surface area contributed by atoms with Crippen molar-refractivity contribution in [2.45, 2.75) is 26.8 Å². The molecule has 2 amide bonds. The first-order chi connectivity index (χ1) is 11.4. The van der Waals surface area contributed by atoms with E-state index in [1.165, 1.54) is 12.1 Å². The standard InChI is InChI=1S/C18H26FN3O2/c1-4-20(14(2)16-5-7-17(19)8-6-16)13-18(24)22-11-9-21(10-12-22)15(3)23/h5-8,14H,4,9-13H2,1-3H3. The number of amides is 2. The predicted molar refractivity (Wildman–Crippen MR) is 90.9 cm³/mol. The van der Waals surface area contributed by atoms with Crippen molar-refractivity contribution >= 4 is 11.8 Å². The van der Waals surface area contributed by atoms with Crippen molar-refractivity contribution in [1.29, 1.82) is 0 Å². The van der Waals surface area contributed by atoms with Gasteiger partial charge in [-0.15, -0.1) is 0 Å². The van der Waals surface area contributed by atoms with Gasteiger partial charge in [0.2, 0.25) is 11.8 Å². The molecule has 0 radical (unpaired) electrons. The molecule has 132 valence electrons. The van der Waals surface area contributed by atoms with E-state index in [1.54, 1.807) is 24.0 Å². The Morgan fingerprint density at radius 2 is 1.67 bits per heavy atom. The Labute approximate surface area is 143 Å². The first-order valence-electron chi connectivity index (χ1n) is 8.45. The molecular formula is C18H26FN3O2. The van der Waals surface area contributed by atoms with Crippen LogP contribution in [0.1, 0.15) is 32.4 Å². The number of hydrogen-bond acceptors (Lipinski definition) is 3. The number of likely N-dealkylation sites (N-methyl/N-ethyl adjacent to an activating group) is 1. The lowest BCUT2D eigenvalue weighted by atomic mass is 10.1. The first kappa shape index (κ1) is 18.4. The second kappa shape index (κ2) is 8.24. The highest BCUT2D eigenvalue weighted by Gasteiger charge is 2.25. The molecular weight excluding hydrogens is 309 g/mol. The molecule has 1 aliphatic rings. The third kappa shape index (κ3) is 4.54. The molecule has 1 saturated heterocycles. The summed E-state index contributed by atoms with van der Waals surface area (Å²) in [6.45, 7) is 9.02. The molecule has 5 nitrogen and oxygen atoms in total. The van der Waals surface area contributed by atoms with Crippen LogP contribution < -0.4 is 0 Å². The van der Waals surface area contributed by atoms with Gasteiger partial charge in [-0.1, -0.05) is 19.1 Å². The summed E-state index contributed by atoms with van der Waals surface area (Å²) in [5.41, 5.74) is 0.993. The van der Waals surface area contributed by atoms with Crippen LogP contribution in [0.2, 0.25) is 0 Å². The number of halogens is 1. The summed E-state index contributed by atoms with van der Waals surface area (Å²) < 4.78 is 13.1. The van der Waals surface area contributed by atoms with Crippen LogP contribution in [0.25, 0.3) is 0 Å². The summed E-state index contributed by atoms with van der Waals surface area (Å²) in [6.07, 6.45) is 0. The van der Waals surface area contributed by atoms with E-state index in [2.05, 4.69) is 4.90 Å². The van der Waals surface area contributed by atoms with Gasteiger partial charge in [0.25, 0.3) is 0 Å². The maximum absolute atomic E-state index is 13.1. The minimum Gasteiger partial charge on any atom is -0.339 e. The molecule has 1 unspecified atom stereocenters. The summed E-state index contributed by atoms with van der Waals surface area (Å²) in [5, 5.41) is 0. The summed E-state index contributed by atoms with van der Waals surface area (Å²) in [4.78, 5) is 29.6. The zero-order valence-electron chi connectivity index (χ0n) is 14.7. The first-order valence-corrected chi connectivity index (χ1v) is 8.45. The van der Waals surface area contributed by atoms with Crippen LogP contribution in [0.5, 0.6) is 0 Å². The van der Waals surface area contributed by atoms with Crippen molar-refractivity contribution < 1.29 is 14.0 Å². The molecule has 0 N–H and O–H groups in total. The Balaban J connectivity index is 1.93. The van der Waals surface area contributed by atoms with E-state index >= 15 is 0 Å². The van der Waals surface area contributed by atoms with Crippen molar-refractivity contribution in [3.05, 3.63) is 35.6 Å². The maximum Gasteiger partial charge on any atom is 0.236 e. The summed E-state index contributed by atoms with van der Waals surface area (Å²) in [7, 11) is 0. The molecule has 0 aromatic heterocycles. The topological polar surface area (TPSA) is 43.9 Å². The number of piperazine rings is 1. The summed E-state index contributed by atoms with van der Waals surface area (Å²) >= 11 is 0. The van der Waals surface area contributed by atoms with E-state index in [-0.39, 0.29) is 23.7 Å². The van der Waals surface area contributed by atoms with Gasteiger partial charge >= 0.3 is 0 Å². The normalized spacial score (nSPS) is 16.4. The smallest absolute Gasteiger partial charge is 0.236 e. The van der Waals surface area contributed by atoms with Crippen molar-refractivity contribution in [1.82, 2.24) is 14.7 Å². The number of nitrogens with zero attached hydrogens (tertiary/aromatic N) is 3. The van der Waals surface area contributed by atoms with E-state index in [0.29, 0.717) is 32.7 Å². The highest BCUT2D eigenvalue weighted by Crippen LogP contribution is 2.20. The Morgan fingerprint density at radius 3 is 2.17 bits per heavy atom. The second-order valence-electron chi connectivity index (χ2n) is 6.18. The lowest BCUT2D eigenvalue weighted by molar-refractivity contribution is -0.139. The van der Waals surface area contributed by atoms with E-state index in [0.717, 1.165) is 12.1 Å². The average Bonchev–Trinajstić information content (AvgIpc) is 2.59. The number of benzene rings is 1. The zero-order chi connectivity index (χ0) is 17.7. The molecule has 6 heteroatoms. The zero-order valence-corrected chi connectivity index (χ0v) is 14.7. The molecule has 24 heavy (non-hydrogen) atoms. The molecule has 0 bridgehead atoms. The fourth-order valence-corrected chi connectivity index (χ4v) is 3.02. The fraction of sp³-hybridized carbons (Fsp3) is 0.556. The number of hydrogen-bond donors (Lipinski definition) is 0. The Kier molecular flexibility index (Phi) is 6.31. The number of carbonyl (C=O) groups is 2. The van der Waals surface area contributed by atoms with Gasteiger partial charge in [0.1, 0.15) is 5.82 Å². The average molecular weight is 335 g/mol. The number of rotatable bonds is 5. The minimum atomic E-state index is -0.256. The Bertz CT molecular complexity index is 568. The molecule has 1 aromatic rings. The molecule has 0 aliphatic carbocycles. The van der Waals surface area contributed by atoms with Crippen molar-refractivity contribution in [2.24, 2.45) is 0 Å². The third-order valence-electron chi connectivity index (χ3n) is 4.72. The van der Waals surface area contributed by atoms with E-state index in [1.807, 2.05) is 18.7 Å². The van der Waals surface area contributed by atoms with E-state index in [4.69, 9.17) is 0 Å². The molecule has 1 atom stereocenters. The molecule has 1 heterocycles. The van der Waals surface area contributed by atoms with Crippen LogP contribution in [0.4, 0.5) is 4.39 Å². The summed E-state index contributed by atoms with van der Waals surface area (Å²) in [5.74, 6) is -0.121. The van der Waals surface area contributed by atoms with Crippen molar-refractivity contribution in [2.75, 3.05) is 39.3 Å². The molecule has 1 aromatic carbocycles. The minimum absolute atomic E-state index is 0.0399. The van der Waals surface area contributed by atoms with Gasteiger partial charge in [-0.05, 0) is 31.2 Å². The van der Waals surface area contributed by atoms with E-state index in [9.17, 15) is 14.0 Å². The molecule has 0 saturated carbocycles. The van der Waals surface area contributed by atoms with Crippen LogP contribution in [0.3, 0.4) is 0 Å². The van der Waals surface area contributed by atoms with Crippen LogP contribution in [0.15, 0.2) is 24.3 Å². The largest absolute Gasteiger partial charge is 0.339 e. The van der Waals surface area contributed by atoms with Gasteiger partial charge in [0.15, 0.2) is 0 Å². The molecule has 2 rings (SSSR count). The highest BCUT2D eigenvalue weighted by molar-refractivity contribution is 5.79. The van der Waals surface area contributed by atoms with Gasteiger partial charge in [0.05, 0.1) is 6.54 Å². The lowest BCUT2D eigenvalue weighted by Crippen LogP contribution is -2.52. The summed E-state index contributed by atoms with van der Waals surface area (Å²) in [6, 6.07) is 6.46. The van der Waals surface area contributed by atoms with Gasteiger partial charge < -0.3 is 9.80 Å². The van der Waals surface area contributed by atoms with Crippen LogP contribution >= 0.6 is 0 Å². The molecule has 1 aliphatic heterocycles. The molecule has 0 spiro atoms. The second-order valence-corrected chi connectivity index (χ2v) is 6.18. The van der Waals surface area contributed by atoms with Crippen molar-refractivity contribution in [3.8, 4) is 0 Å². The van der Waals surface area contributed by atoms with Gasteiger partial charge in [-0.3, -0.25) is 14.5 Å². The monoisotopic (exact) mass is 335 g/mol. The number of carbonyl (C=O) groups excluding carboxylic acids is 2. The van der Waals surface area contributed by atoms with Crippen LogP contribution in [0, 0.1) is 5.82 Å². The Morgan fingerprint density at radius 1 is 1.12 bits per heavy atom. The molecule has 1 fully saturated rings. The lowest BCUT2D eigenvalue weighted by Gasteiger charge is -2.36. The van der Waals surface area contributed by atoms with Gasteiger partial charge in [-0.25, -0.2) is 4.39 Å². The third-order valence-corrected chi connectivity index (χ3v) is 4.72. The Hall–Kier alpha value is -1.95. The fourth-order valence-electron chi connectivity index (χ4n) is 3.02. The maximum atomic E-state index is 13.1. The van der Waals surface area contributed by atoms with Crippen LogP contribution in [-0.4, -0.2) is 65.8 Å². The van der Waals surface area contributed by atoms with Crippen LogP contribution in [-0.2, 0) is 9.59 Å². The highest BCUT2D eigenvalue weighted by atomic mass is 19.1. The van der Waals surface area contributed by atoms with Crippen molar-refractivity contribution in [3.63, 3.8) is 0 Å². The SMILES string of the molecule is CCN(CC(=O)N1CCN(C(C)=O)CC1)C(C)c1ccc(F)cc1. The predicted octanol–water partition coefficient (Wildman–Crippen LogP) is 1.90. The quantitative estimate of drug-likeness (QED) is 0.825. The van der Waals surface area contributed by atoms with Gasteiger partial charge in [-0.2, -0.15) is 0 Å². The van der Waals surface area contributed by atoms with E-state index < -0.39 is 0 Å². The van der Waals surface area contributed by atoms with Gasteiger partial charge in [0, 0.05) is 39.1 Å².